The third kappa shape index (κ3) is 4.40. The summed E-state index contributed by atoms with van der Waals surface area (Å²) in [6.07, 6.45) is 0. The Balaban J connectivity index is 0.997. The molecule has 13 rings (SSSR count). The average Bonchev–Trinajstić information content (AvgIpc) is 3.97. The number of hydrogen-bond acceptors (Lipinski definition) is 3. The van der Waals surface area contributed by atoms with Gasteiger partial charge in [0.05, 0.1) is 4.70 Å². The molecule has 3 heterocycles. The van der Waals surface area contributed by atoms with Crippen molar-refractivity contribution in [2.75, 3.05) is 0 Å². The Hall–Kier alpha value is -7.20. The van der Waals surface area contributed by atoms with E-state index in [2.05, 4.69) is 170 Å². The molecule has 10 aromatic carbocycles. The van der Waals surface area contributed by atoms with Crippen molar-refractivity contribution >= 4 is 108 Å². The Bertz CT molecular complexity index is 3750. The van der Waals surface area contributed by atoms with Gasteiger partial charge in [0.25, 0.3) is 0 Å². The summed E-state index contributed by atoms with van der Waals surface area (Å²) < 4.78 is 15.6. The van der Waals surface area contributed by atoms with Crippen LogP contribution in [0.1, 0.15) is 0 Å². The van der Waals surface area contributed by atoms with Crippen LogP contribution in [0, 0.1) is 0 Å². The van der Waals surface area contributed by atoms with Crippen molar-refractivity contribution in [3.63, 3.8) is 0 Å². The molecule has 0 bridgehead atoms. The zero-order chi connectivity index (χ0) is 37.2. The van der Waals surface area contributed by atoms with Gasteiger partial charge in [-0.2, -0.15) is 0 Å². The molecule has 0 amide bonds. The van der Waals surface area contributed by atoms with Gasteiger partial charge in [0.15, 0.2) is 5.58 Å². The van der Waals surface area contributed by atoms with E-state index in [1.165, 1.54) is 80.5 Å². The monoisotopic (exact) mass is 742 g/mol. The fraction of sp³-hybridized carbons (Fsp3) is 0. The number of fused-ring (bicyclic) bond motifs is 14. The molecule has 0 atom stereocenters. The van der Waals surface area contributed by atoms with Crippen LogP contribution in [0.5, 0.6) is 0 Å². The molecule has 0 aliphatic carbocycles. The van der Waals surface area contributed by atoms with E-state index >= 15 is 0 Å². The number of thiophene rings is 1. The maximum absolute atomic E-state index is 6.84. The summed E-state index contributed by atoms with van der Waals surface area (Å²) in [4.78, 5) is 0. The van der Waals surface area contributed by atoms with E-state index in [9.17, 15) is 0 Å². The van der Waals surface area contributed by atoms with E-state index in [4.69, 9.17) is 8.83 Å². The molecule has 264 valence electrons. The molecule has 0 saturated carbocycles. The van der Waals surface area contributed by atoms with E-state index in [0.29, 0.717) is 0 Å². The molecule has 57 heavy (non-hydrogen) atoms. The highest BCUT2D eigenvalue weighted by Gasteiger charge is 2.20. The van der Waals surface area contributed by atoms with Crippen LogP contribution in [-0.4, -0.2) is 0 Å². The lowest BCUT2D eigenvalue weighted by atomic mass is 9.85. The van der Waals surface area contributed by atoms with Gasteiger partial charge in [0.2, 0.25) is 0 Å². The third-order valence-electron chi connectivity index (χ3n) is 12.1. The average molecular weight is 743 g/mol. The second-order valence-corrected chi connectivity index (χ2v) is 16.1. The van der Waals surface area contributed by atoms with Crippen LogP contribution in [0.3, 0.4) is 0 Å². The predicted octanol–water partition coefficient (Wildman–Crippen LogP) is 16.3. The fourth-order valence-corrected chi connectivity index (χ4v) is 10.7. The van der Waals surface area contributed by atoms with E-state index in [0.717, 1.165) is 49.3 Å². The van der Waals surface area contributed by atoms with Gasteiger partial charge in [-0.15, -0.1) is 11.3 Å². The number of rotatable bonds is 3. The molecule has 0 saturated heterocycles. The maximum Gasteiger partial charge on any atom is 0.153 e. The Morgan fingerprint density at radius 2 is 0.825 bits per heavy atom. The van der Waals surface area contributed by atoms with E-state index in [-0.39, 0.29) is 0 Å². The van der Waals surface area contributed by atoms with Crippen molar-refractivity contribution in [2.45, 2.75) is 0 Å². The van der Waals surface area contributed by atoms with Crippen molar-refractivity contribution in [1.82, 2.24) is 0 Å². The Morgan fingerprint density at radius 3 is 1.56 bits per heavy atom. The van der Waals surface area contributed by atoms with Crippen LogP contribution < -0.4 is 0 Å². The van der Waals surface area contributed by atoms with Crippen molar-refractivity contribution in [2.24, 2.45) is 0 Å². The Kier molecular flexibility index (Phi) is 6.35. The number of para-hydroxylation sites is 1. The summed E-state index contributed by atoms with van der Waals surface area (Å²) in [6.45, 7) is 0. The van der Waals surface area contributed by atoms with Crippen LogP contribution in [0.25, 0.3) is 130 Å². The summed E-state index contributed by atoms with van der Waals surface area (Å²) in [7, 11) is 0. The molecule has 2 nitrogen and oxygen atoms in total. The highest BCUT2D eigenvalue weighted by atomic mass is 32.1. The molecule has 0 aliphatic heterocycles. The van der Waals surface area contributed by atoms with Crippen molar-refractivity contribution in [3.8, 4) is 33.4 Å². The van der Waals surface area contributed by atoms with Gasteiger partial charge in [0, 0.05) is 42.4 Å². The van der Waals surface area contributed by atoms with Gasteiger partial charge in [0.1, 0.15) is 16.7 Å². The predicted molar refractivity (Wildman–Crippen MR) is 243 cm³/mol. The zero-order valence-corrected chi connectivity index (χ0v) is 31.4. The molecule has 0 N–H and O–H groups in total. The minimum Gasteiger partial charge on any atom is -0.456 e. The standard InChI is InChI=1S/C54H30O2S/c1-6-18-41-34(11-1)44(30-46-42-26-27-43-36-13-8-10-20-49(36)57-54(43)53(42)56-52(41)46)31-21-23-32(24-22-31)50-37-14-2-4-16-39(37)51(40-17-5-3-15-38(40)50)33-25-28-48-45(29-33)35-12-7-9-19-47(35)55-48/h1-30H. The first-order chi connectivity index (χ1) is 28.3. The van der Waals surface area contributed by atoms with Gasteiger partial charge < -0.3 is 8.83 Å². The lowest BCUT2D eigenvalue weighted by Crippen LogP contribution is -1.91. The van der Waals surface area contributed by atoms with E-state index in [1.54, 1.807) is 0 Å². The molecule has 0 fully saturated rings. The maximum atomic E-state index is 6.84. The topological polar surface area (TPSA) is 26.3 Å². The summed E-state index contributed by atoms with van der Waals surface area (Å²) in [5.74, 6) is 0. The number of hydrogen-bond donors (Lipinski definition) is 0. The van der Waals surface area contributed by atoms with Gasteiger partial charge >= 0.3 is 0 Å². The van der Waals surface area contributed by atoms with E-state index < -0.39 is 0 Å². The summed E-state index contributed by atoms with van der Waals surface area (Å²) in [5, 5.41) is 14.4. The smallest absolute Gasteiger partial charge is 0.153 e. The molecule has 0 aliphatic rings. The Labute approximate surface area is 330 Å². The highest BCUT2D eigenvalue weighted by molar-refractivity contribution is 7.26. The highest BCUT2D eigenvalue weighted by Crippen LogP contribution is 2.47. The van der Waals surface area contributed by atoms with Crippen LogP contribution >= 0.6 is 11.3 Å². The minimum atomic E-state index is 0.909. The van der Waals surface area contributed by atoms with Crippen molar-refractivity contribution in [1.29, 1.82) is 0 Å². The SMILES string of the molecule is c1ccc2c(c1)oc1ccc(-c3c4ccccc4c(-c4ccc(-c5cc6c7ccc8c9ccccc9sc8c7oc6c6ccccc56)cc4)c4ccccc34)cc12. The summed E-state index contributed by atoms with van der Waals surface area (Å²) >= 11 is 1.82. The summed E-state index contributed by atoms with van der Waals surface area (Å²) in [6, 6.07) is 66.1. The molecule has 0 radical (unpaired) electrons. The van der Waals surface area contributed by atoms with Crippen LogP contribution in [0.2, 0.25) is 0 Å². The third-order valence-corrected chi connectivity index (χ3v) is 13.3. The molecule has 3 heteroatoms. The first-order valence-electron chi connectivity index (χ1n) is 19.4. The van der Waals surface area contributed by atoms with Gasteiger partial charge in [-0.25, -0.2) is 0 Å². The van der Waals surface area contributed by atoms with Crippen LogP contribution in [0.15, 0.2) is 191 Å². The first kappa shape index (κ1) is 31.1. The van der Waals surface area contributed by atoms with Crippen molar-refractivity contribution in [3.05, 3.63) is 182 Å². The molecular formula is C54H30O2S. The lowest BCUT2D eigenvalue weighted by molar-refractivity contribution is 0.669. The number of furan rings is 2. The van der Waals surface area contributed by atoms with Gasteiger partial charge in [-0.1, -0.05) is 146 Å². The second-order valence-electron chi connectivity index (χ2n) is 15.1. The van der Waals surface area contributed by atoms with Crippen molar-refractivity contribution < 1.29 is 8.83 Å². The van der Waals surface area contributed by atoms with Crippen LogP contribution in [0.4, 0.5) is 0 Å². The van der Waals surface area contributed by atoms with Crippen LogP contribution in [-0.2, 0) is 0 Å². The largest absolute Gasteiger partial charge is 0.456 e. The second kappa shape index (κ2) is 11.7. The quantitative estimate of drug-likeness (QED) is 0.169. The molecule has 13 aromatic rings. The van der Waals surface area contributed by atoms with Gasteiger partial charge in [-0.3, -0.25) is 0 Å². The van der Waals surface area contributed by atoms with Gasteiger partial charge in [-0.05, 0) is 96.7 Å². The Morgan fingerprint density at radius 1 is 0.298 bits per heavy atom. The normalized spacial score (nSPS) is 12.2. The first-order valence-corrected chi connectivity index (χ1v) is 20.2. The molecular weight excluding hydrogens is 713 g/mol. The molecule has 0 spiro atoms. The van der Waals surface area contributed by atoms with E-state index in [1.807, 2.05) is 23.5 Å². The molecule has 3 aromatic heterocycles. The fourth-order valence-electron chi connectivity index (χ4n) is 9.53. The number of benzene rings is 10. The minimum absolute atomic E-state index is 0.909. The lowest BCUT2D eigenvalue weighted by Gasteiger charge is -2.18. The summed E-state index contributed by atoms with van der Waals surface area (Å²) in [5.41, 5.74) is 11.0. The zero-order valence-electron chi connectivity index (χ0n) is 30.5. The molecule has 0 unspecified atom stereocenters.